The highest BCUT2D eigenvalue weighted by Crippen LogP contribution is 2.48. The van der Waals surface area contributed by atoms with E-state index in [1.807, 2.05) is 0 Å². The molecule has 0 radical (unpaired) electrons. The number of allylic oxidation sites excluding steroid dienone is 2. The van der Waals surface area contributed by atoms with Crippen LogP contribution in [0, 0.1) is 11.8 Å². The van der Waals surface area contributed by atoms with Crippen molar-refractivity contribution in [1.29, 1.82) is 0 Å². The van der Waals surface area contributed by atoms with E-state index >= 15 is 0 Å². The van der Waals surface area contributed by atoms with E-state index in [9.17, 15) is 0 Å². The van der Waals surface area contributed by atoms with Gasteiger partial charge in [-0.05, 0) is 40.7 Å². The van der Waals surface area contributed by atoms with Gasteiger partial charge in [0.1, 0.15) is 0 Å². The average Bonchev–Trinajstić information content (AvgIpc) is 2.62. The molecule has 0 amide bonds. The van der Waals surface area contributed by atoms with E-state index in [1.165, 1.54) is 16.8 Å². The summed E-state index contributed by atoms with van der Waals surface area (Å²) in [6.45, 7) is 11.7. The van der Waals surface area contributed by atoms with Crippen molar-refractivity contribution in [2.45, 2.75) is 40.5 Å². The molecule has 0 saturated heterocycles. The second-order valence-electron chi connectivity index (χ2n) is 6.57. The summed E-state index contributed by atoms with van der Waals surface area (Å²) in [7, 11) is 4.23. The molecule has 0 heterocycles. The maximum Gasteiger partial charge on any atom is 0.0364 e. The first kappa shape index (κ1) is 14.2. The minimum absolute atomic E-state index is 0.562. The zero-order valence-electron chi connectivity index (χ0n) is 13.4. The van der Waals surface area contributed by atoms with Crippen molar-refractivity contribution in [2.24, 2.45) is 11.8 Å². The van der Waals surface area contributed by atoms with Gasteiger partial charge in [-0.15, -0.1) is 0 Å². The van der Waals surface area contributed by atoms with Crippen molar-refractivity contribution in [1.82, 2.24) is 0 Å². The van der Waals surface area contributed by atoms with Gasteiger partial charge in [0.25, 0.3) is 0 Å². The van der Waals surface area contributed by atoms with Crippen LogP contribution in [0.5, 0.6) is 0 Å². The molecule has 1 aliphatic carbocycles. The van der Waals surface area contributed by atoms with E-state index in [4.69, 9.17) is 0 Å². The van der Waals surface area contributed by atoms with Gasteiger partial charge in [-0.25, -0.2) is 0 Å². The third-order valence-corrected chi connectivity index (χ3v) is 4.29. The molecule has 0 bridgehead atoms. The van der Waals surface area contributed by atoms with E-state index in [0.717, 1.165) is 0 Å². The lowest BCUT2D eigenvalue weighted by Crippen LogP contribution is -2.09. The Hall–Kier alpha value is -1.24. The first-order valence-corrected chi connectivity index (χ1v) is 7.40. The fourth-order valence-corrected chi connectivity index (χ4v) is 3.44. The SMILES string of the molecule is CC(C)C1=C(C(C)C)C(C)c2cc(N(C)C)ccc21. The molecule has 1 atom stereocenters. The van der Waals surface area contributed by atoms with Crippen molar-refractivity contribution in [3.63, 3.8) is 0 Å². The molecule has 2 rings (SSSR count). The first-order chi connectivity index (χ1) is 8.84. The Balaban J connectivity index is 2.59. The maximum absolute atomic E-state index is 2.37. The fraction of sp³-hybridized carbons (Fsp3) is 0.556. The van der Waals surface area contributed by atoms with Crippen LogP contribution >= 0.6 is 0 Å². The minimum Gasteiger partial charge on any atom is -0.378 e. The lowest BCUT2D eigenvalue weighted by molar-refractivity contribution is 0.685. The number of benzene rings is 1. The Labute approximate surface area is 118 Å². The maximum atomic E-state index is 2.37. The molecule has 1 aliphatic rings. The third-order valence-electron chi connectivity index (χ3n) is 4.29. The van der Waals surface area contributed by atoms with Gasteiger partial charge in [0.2, 0.25) is 0 Å². The zero-order valence-corrected chi connectivity index (χ0v) is 13.4. The van der Waals surface area contributed by atoms with Gasteiger partial charge >= 0.3 is 0 Å². The second-order valence-corrected chi connectivity index (χ2v) is 6.57. The lowest BCUT2D eigenvalue weighted by atomic mass is 9.87. The summed E-state index contributed by atoms with van der Waals surface area (Å²) in [5.74, 6) is 1.79. The van der Waals surface area contributed by atoms with E-state index in [0.29, 0.717) is 17.8 Å². The monoisotopic (exact) mass is 257 g/mol. The van der Waals surface area contributed by atoms with Crippen LogP contribution in [0.3, 0.4) is 0 Å². The fourth-order valence-electron chi connectivity index (χ4n) is 3.44. The summed E-state index contributed by atoms with van der Waals surface area (Å²) in [5, 5.41) is 0. The average molecular weight is 257 g/mol. The highest BCUT2D eigenvalue weighted by atomic mass is 15.1. The summed E-state index contributed by atoms with van der Waals surface area (Å²) in [6, 6.07) is 6.95. The quantitative estimate of drug-likeness (QED) is 0.741. The molecule has 1 nitrogen and oxygen atoms in total. The number of rotatable bonds is 3. The van der Waals surface area contributed by atoms with E-state index in [-0.39, 0.29) is 0 Å². The predicted octanol–water partition coefficient (Wildman–Crippen LogP) is 4.94. The molecule has 0 aromatic heterocycles. The van der Waals surface area contributed by atoms with Gasteiger partial charge < -0.3 is 4.90 Å². The Bertz CT molecular complexity index is 506. The number of fused-ring (bicyclic) bond motifs is 1. The highest BCUT2D eigenvalue weighted by Gasteiger charge is 2.31. The number of hydrogen-bond acceptors (Lipinski definition) is 1. The lowest BCUT2D eigenvalue weighted by Gasteiger charge is -2.18. The van der Waals surface area contributed by atoms with Gasteiger partial charge in [-0.3, -0.25) is 0 Å². The molecular formula is C18H27N. The molecule has 19 heavy (non-hydrogen) atoms. The van der Waals surface area contributed by atoms with Crippen molar-refractivity contribution < 1.29 is 0 Å². The highest BCUT2D eigenvalue weighted by molar-refractivity contribution is 5.81. The van der Waals surface area contributed by atoms with Crippen LogP contribution in [0.4, 0.5) is 5.69 Å². The molecule has 1 unspecified atom stereocenters. The molecule has 0 spiro atoms. The second kappa shape index (κ2) is 5.03. The van der Waals surface area contributed by atoms with E-state index < -0.39 is 0 Å². The molecular weight excluding hydrogens is 230 g/mol. The third kappa shape index (κ3) is 2.31. The topological polar surface area (TPSA) is 3.24 Å². The first-order valence-electron chi connectivity index (χ1n) is 7.40. The van der Waals surface area contributed by atoms with Crippen molar-refractivity contribution in [3.8, 4) is 0 Å². The van der Waals surface area contributed by atoms with Crippen LogP contribution in [-0.2, 0) is 0 Å². The van der Waals surface area contributed by atoms with Crippen LogP contribution in [-0.4, -0.2) is 14.1 Å². The Morgan fingerprint density at radius 1 is 1.00 bits per heavy atom. The van der Waals surface area contributed by atoms with Crippen molar-refractivity contribution in [2.75, 3.05) is 19.0 Å². The van der Waals surface area contributed by atoms with Gasteiger partial charge in [0, 0.05) is 25.7 Å². The van der Waals surface area contributed by atoms with Crippen LogP contribution in [0.25, 0.3) is 5.57 Å². The van der Waals surface area contributed by atoms with Crippen molar-refractivity contribution >= 4 is 11.3 Å². The molecule has 0 N–H and O–H groups in total. The summed E-state index contributed by atoms with van der Waals surface area (Å²) in [4.78, 5) is 2.19. The molecule has 1 aromatic rings. The molecule has 0 aliphatic heterocycles. The Kier molecular flexibility index (Phi) is 3.75. The number of nitrogens with zero attached hydrogens (tertiary/aromatic N) is 1. The zero-order chi connectivity index (χ0) is 14.3. The molecule has 104 valence electrons. The molecule has 1 heteroatoms. The molecule has 0 fully saturated rings. The van der Waals surface area contributed by atoms with Gasteiger partial charge in [0.05, 0.1) is 0 Å². The number of anilines is 1. The van der Waals surface area contributed by atoms with E-state index in [1.54, 1.807) is 11.1 Å². The largest absolute Gasteiger partial charge is 0.378 e. The van der Waals surface area contributed by atoms with Crippen LogP contribution < -0.4 is 4.90 Å². The summed E-state index contributed by atoms with van der Waals surface area (Å²) in [5.41, 5.74) is 7.53. The summed E-state index contributed by atoms with van der Waals surface area (Å²) in [6.07, 6.45) is 0. The van der Waals surface area contributed by atoms with Gasteiger partial charge in [-0.2, -0.15) is 0 Å². The van der Waals surface area contributed by atoms with Crippen LogP contribution in [0.2, 0.25) is 0 Å². The van der Waals surface area contributed by atoms with Crippen LogP contribution in [0.1, 0.15) is 51.7 Å². The predicted molar refractivity (Wildman–Crippen MR) is 85.8 cm³/mol. The summed E-state index contributed by atoms with van der Waals surface area (Å²) >= 11 is 0. The van der Waals surface area contributed by atoms with Gasteiger partial charge in [-0.1, -0.05) is 46.3 Å². The Morgan fingerprint density at radius 2 is 1.63 bits per heavy atom. The normalized spacial score (nSPS) is 18.5. The van der Waals surface area contributed by atoms with Crippen molar-refractivity contribution in [3.05, 3.63) is 34.9 Å². The minimum atomic E-state index is 0.562. The molecule has 1 aromatic carbocycles. The summed E-state index contributed by atoms with van der Waals surface area (Å²) < 4.78 is 0. The standard InChI is InChI=1S/C18H27N/c1-11(2)17-13(5)16-10-14(19(6)7)8-9-15(16)18(17)12(3)4/h8-13H,1-7H3. The Morgan fingerprint density at radius 3 is 2.11 bits per heavy atom. The van der Waals surface area contributed by atoms with E-state index in [2.05, 4.69) is 71.8 Å². The number of hydrogen-bond donors (Lipinski definition) is 0. The molecule has 0 saturated carbocycles. The van der Waals surface area contributed by atoms with Gasteiger partial charge in [0.15, 0.2) is 0 Å². The van der Waals surface area contributed by atoms with Crippen LogP contribution in [0.15, 0.2) is 23.8 Å². The smallest absolute Gasteiger partial charge is 0.0364 e.